The molecule has 11 nitrogen and oxygen atoms in total. The molecular weight excluding hydrogens is 427 g/mol. The first-order chi connectivity index (χ1) is 15.6. The molecule has 0 saturated carbocycles. The van der Waals surface area contributed by atoms with Crippen LogP contribution in [0.3, 0.4) is 0 Å². The van der Waals surface area contributed by atoms with Crippen LogP contribution in [0.2, 0.25) is 0 Å². The van der Waals surface area contributed by atoms with E-state index in [0.717, 1.165) is 5.56 Å². The monoisotopic (exact) mass is 462 g/mol. The number of nitrogens with one attached hydrogen (secondary N) is 2. The van der Waals surface area contributed by atoms with Gasteiger partial charge < -0.3 is 42.4 Å². The lowest BCUT2D eigenvalue weighted by atomic mass is 9.70. The molecule has 33 heavy (non-hydrogen) atoms. The second kappa shape index (κ2) is 12.1. The summed E-state index contributed by atoms with van der Waals surface area (Å²) in [4.78, 5) is 38.2. The van der Waals surface area contributed by atoms with E-state index in [1.165, 1.54) is 0 Å². The molecule has 0 aromatic heterocycles. The van der Waals surface area contributed by atoms with Gasteiger partial charge in [-0.05, 0) is 49.8 Å². The van der Waals surface area contributed by atoms with Crippen molar-refractivity contribution >= 4 is 36.0 Å². The van der Waals surface area contributed by atoms with Gasteiger partial charge in [-0.25, -0.2) is 0 Å². The van der Waals surface area contributed by atoms with Gasteiger partial charge in [0.05, 0.1) is 18.2 Å². The van der Waals surface area contributed by atoms with Crippen LogP contribution in [0.5, 0.6) is 0 Å². The number of nitrogens with two attached hydrogens (primary N) is 3. The van der Waals surface area contributed by atoms with E-state index < -0.39 is 30.6 Å². The van der Waals surface area contributed by atoms with Gasteiger partial charge in [-0.2, -0.15) is 0 Å². The Morgan fingerprint density at radius 1 is 1.24 bits per heavy atom. The van der Waals surface area contributed by atoms with Gasteiger partial charge in [-0.1, -0.05) is 6.07 Å². The van der Waals surface area contributed by atoms with Gasteiger partial charge in [-0.3, -0.25) is 14.4 Å². The van der Waals surface area contributed by atoms with Gasteiger partial charge in [0, 0.05) is 38.3 Å². The maximum atomic E-state index is 12.2. The molecule has 0 radical (unpaired) electrons. The molecule has 2 rings (SSSR count). The Morgan fingerprint density at radius 2 is 1.91 bits per heavy atom. The second-order valence-electron chi connectivity index (χ2n) is 8.69. The zero-order chi connectivity index (χ0) is 24.6. The number of carbonyl (C=O) groups is 3. The SMILES string of the molecule is CC1(C)Cc2ccc(NC(=O)CNC(=O)C(N)CCC(=O)N(CCN)CCN)cc2B(O)O1. The smallest absolute Gasteiger partial charge is 0.423 e. The van der Waals surface area contributed by atoms with Crippen LogP contribution in [-0.2, 0) is 25.5 Å². The molecule has 1 unspecified atom stereocenters. The third kappa shape index (κ3) is 8.09. The van der Waals surface area contributed by atoms with E-state index in [-0.39, 0.29) is 25.3 Å². The molecule has 0 saturated heterocycles. The quantitative estimate of drug-likeness (QED) is 0.197. The molecule has 3 amide bonds. The first kappa shape index (κ1) is 26.7. The van der Waals surface area contributed by atoms with Gasteiger partial charge in [0.15, 0.2) is 0 Å². The zero-order valence-corrected chi connectivity index (χ0v) is 19.3. The average Bonchev–Trinajstić information content (AvgIpc) is 2.75. The maximum absolute atomic E-state index is 12.2. The molecule has 0 bridgehead atoms. The fourth-order valence-corrected chi connectivity index (χ4v) is 3.67. The summed E-state index contributed by atoms with van der Waals surface area (Å²) in [6, 6.07) is 4.29. The molecule has 1 aliphatic heterocycles. The number of fused-ring (bicyclic) bond motifs is 1. The Hall–Kier alpha value is -2.51. The van der Waals surface area contributed by atoms with E-state index in [9.17, 15) is 19.4 Å². The van der Waals surface area contributed by atoms with Crippen molar-refractivity contribution in [2.75, 3.05) is 38.0 Å². The van der Waals surface area contributed by atoms with Crippen LogP contribution in [0.15, 0.2) is 18.2 Å². The van der Waals surface area contributed by atoms with Crippen molar-refractivity contribution in [1.29, 1.82) is 0 Å². The topological polar surface area (TPSA) is 186 Å². The van der Waals surface area contributed by atoms with Crippen molar-refractivity contribution in [3.8, 4) is 0 Å². The number of carbonyl (C=O) groups excluding carboxylic acids is 3. The number of hydrogen-bond acceptors (Lipinski definition) is 8. The van der Waals surface area contributed by atoms with Crippen LogP contribution < -0.4 is 33.3 Å². The highest BCUT2D eigenvalue weighted by molar-refractivity contribution is 6.61. The van der Waals surface area contributed by atoms with Crippen LogP contribution >= 0.6 is 0 Å². The van der Waals surface area contributed by atoms with Crippen molar-refractivity contribution in [2.45, 2.75) is 44.8 Å². The number of nitrogens with zero attached hydrogens (tertiary/aromatic N) is 1. The number of hydrogen-bond donors (Lipinski definition) is 6. The van der Waals surface area contributed by atoms with Gasteiger partial charge in [0.25, 0.3) is 0 Å². The van der Waals surface area contributed by atoms with Gasteiger partial charge >= 0.3 is 7.12 Å². The summed E-state index contributed by atoms with van der Waals surface area (Å²) in [7, 11) is -1.08. The summed E-state index contributed by atoms with van der Waals surface area (Å²) in [5.74, 6) is -1.15. The predicted octanol–water partition coefficient (Wildman–Crippen LogP) is -2.37. The summed E-state index contributed by atoms with van der Waals surface area (Å²) in [6.07, 6.45) is 0.856. The first-order valence-corrected chi connectivity index (χ1v) is 11.1. The van der Waals surface area contributed by atoms with Crippen LogP contribution in [0.25, 0.3) is 0 Å². The normalized spacial score (nSPS) is 15.4. The lowest BCUT2D eigenvalue weighted by molar-refractivity contribution is -0.131. The van der Waals surface area contributed by atoms with E-state index in [1.807, 2.05) is 19.9 Å². The van der Waals surface area contributed by atoms with E-state index in [4.69, 9.17) is 21.9 Å². The van der Waals surface area contributed by atoms with Crippen molar-refractivity contribution in [3.63, 3.8) is 0 Å². The zero-order valence-electron chi connectivity index (χ0n) is 19.3. The number of anilines is 1. The molecular formula is C21H35BN6O5. The highest BCUT2D eigenvalue weighted by Gasteiger charge is 2.35. The highest BCUT2D eigenvalue weighted by atomic mass is 16.5. The van der Waals surface area contributed by atoms with Crippen LogP contribution in [0, 0.1) is 0 Å². The third-order valence-corrected chi connectivity index (χ3v) is 5.32. The Balaban J connectivity index is 1.80. The van der Waals surface area contributed by atoms with E-state index in [0.29, 0.717) is 43.8 Å². The molecule has 1 aliphatic rings. The standard InChI is InChI=1S/C21H35BN6O5/c1-21(2)12-14-3-4-15(11-16(14)22(32)33-21)27-18(29)13-26-20(31)17(25)5-6-19(30)28(9-7-23)10-8-24/h3-4,11,17,32H,5-10,12-13,23-25H2,1-2H3,(H,26,31)(H,27,29). The lowest BCUT2D eigenvalue weighted by Gasteiger charge is -2.34. The average molecular weight is 462 g/mol. The molecule has 1 atom stereocenters. The van der Waals surface area contributed by atoms with Crippen molar-refractivity contribution in [2.24, 2.45) is 17.2 Å². The summed E-state index contributed by atoms with van der Waals surface area (Å²) in [6.45, 7) is 4.94. The minimum Gasteiger partial charge on any atom is -0.423 e. The number of rotatable bonds is 11. The molecule has 0 spiro atoms. The second-order valence-corrected chi connectivity index (χ2v) is 8.69. The highest BCUT2D eigenvalue weighted by Crippen LogP contribution is 2.23. The van der Waals surface area contributed by atoms with Crippen LogP contribution in [-0.4, -0.2) is 79.1 Å². The summed E-state index contributed by atoms with van der Waals surface area (Å²) >= 11 is 0. The van der Waals surface area contributed by atoms with E-state index >= 15 is 0 Å². The number of amides is 3. The van der Waals surface area contributed by atoms with Crippen molar-refractivity contribution < 1.29 is 24.1 Å². The first-order valence-electron chi connectivity index (χ1n) is 11.1. The Morgan fingerprint density at radius 3 is 2.55 bits per heavy atom. The molecule has 1 aromatic carbocycles. The van der Waals surface area contributed by atoms with Crippen LogP contribution in [0.1, 0.15) is 32.3 Å². The fourth-order valence-electron chi connectivity index (χ4n) is 3.67. The number of benzene rings is 1. The Labute approximate surface area is 194 Å². The molecule has 9 N–H and O–H groups in total. The van der Waals surface area contributed by atoms with Gasteiger partial charge in [0.1, 0.15) is 0 Å². The third-order valence-electron chi connectivity index (χ3n) is 5.32. The summed E-state index contributed by atoms with van der Waals surface area (Å²) in [5, 5.41) is 15.4. The van der Waals surface area contributed by atoms with Crippen molar-refractivity contribution in [3.05, 3.63) is 23.8 Å². The molecule has 182 valence electrons. The molecule has 1 heterocycles. The summed E-state index contributed by atoms with van der Waals surface area (Å²) < 4.78 is 5.58. The van der Waals surface area contributed by atoms with Crippen molar-refractivity contribution in [1.82, 2.24) is 10.2 Å². The minimum absolute atomic E-state index is 0.0805. The van der Waals surface area contributed by atoms with Crippen LogP contribution in [0.4, 0.5) is 5.69 Å². The van der Waals surface area contributed by atoms with Gasteiger partial charge in [-0.15, -0.1) is 0 Å². The summed E-state index contributed by atoms with van der Waals surface area (Å²) in [5.41, 5.74) is 18.4. The predicted molar refractivity (Wildman–Crippen MR) is 126 cm³/mol. The molecule has 0 aliphatic carbocycles. The van der Waals surface area contributed by atoms with E-state index in [2.05, 4.69) is 10.6 Å². The van der Waals surface area contributed by atoms with Gasteiger partial charge in [0.2, 0.25) is 17.7 Å². The maximum Gasteiger partial charge on any atom is 0.491 e. The fraction of sp³-hybridized carbons (Fsp3) is 0.571. The largest absolute Gasteiger partial charge is 0.491 e. The minimum atomic E-state index is -1.08. The molecule has 12 heteroatoms. The Kier molecular flexibility index (Phi) is 9.80. The molecule has 0 fully saturated rings. The lowest BCUT2D eigenvalue weighted by Crippen LogP contribution is -2.50. The van der Waals surface area contributed by atoms with E-state index in [1.54, 1.807) is 17.0 Å². The Bertz CT molecular complexity index is 846. The molecule has 1 aromatic rings.